The molecular formula is C11H15F2N. The normalized spacial score (nSPS) is 12.9. The molecule has 0 aliphatic rings. The molecule has 0 heterocycles. The van der Waals surface area contributed by atoms with Crippen molar-refractivity contribution >= 4 is 0 Å². The smallest absolute Gasteiger partial charge is 0.162 e. The first kappa shape index (κ1) is 11.1. The molecule has 1 nitrogen and oxygen atoms in total. The van der Waals surface area contributed by atoms with Crippen molar-refractivity contribution in [2.75, 3.05) is 0 Å². The van der Waals surface area contributed by atoms with Crippen LogP contribution in [0.3, 0.4) is 0 Å². The van der Waals surface area contributed by atoms with E-state index < -0.39 is 11.6 Å². The van der Waals surface area contributed by atoms with Gasteiger partial charge in [0.2, 0.25) is 0 Å². The van der Waals surface area contributed by atoms with Gasteiger partial charge in [0.05, 0.1) is 0 Å². The second-order valence-electron chi connectivity index (χ2n) is 3.30. The summed E-state index contributed by atoms with van der Waals surface area (Å²) in [7, 11) is 0. The summed E-state index contributed by atoms with van der Waals surface area (Å²) < 4.78 is 26.2. The Balaban J connectivity index is 3.23. The minimum absolute atomic E-state index is 0.208. The van der Waals surface area contributed by atoms with Crippen molar-refractivity contribution in [3.63, 3.8) is 0 Å². The Morgan fingerprint density at radius 1 is 1.29 bits per heavy atom. The molecule has 1 aromatic rings. The van der Waals surface area contributed by atoms with E-state index in [1.54, 1.807) is 13.0 Å². The lowest BCUT2D eigenvalue weighted by atomic mass is 9.97. The molecule has 0 saturated carbocycles. The quantitative estimate of drug-likeness (QED) is 0.795. The Labute approximate surface area is 82.9 Å². The fraction of sp³-hybridized carbons (Fsp3) is 0.455. The van der Waals surface area contributed by atoms with Crippen LogP contribution in [0.4, 0.5) is 8.78 Å². The summed E-state index contributed by atoms with van der Waals surface area (Å²) in [5, 5.41) is 0. The zero-order valence-electron chi connectivity index (χ0n) is 8.48. The maximum Gasteiger partial charge on any atom is 0.162 e. The lowest BCUT2D eigenvalue weighted by Gasteiger charge is -2.14. The largest absolute Gasteiger partial charge is 0.324 e. The van der Waals surface area contributed by atoms with E-state index in [-0.39, 0.29) is 6.04 Å². The summed E-state index contributed by atoms with van der Waals surface area (Å²) in [6.07, 6.45) is 1.19. The second kappa shape index (κ2) is 4.51. The van der Waals surface area contributed by atoms with E-state index >= 15 is 0 Å². The van der Waals surface area contributed by atoms with Gasteiger partial charge in [-0.3, -0.25) is 0 Å². The average molecular weight is 199 g/mol. The summed E-state index contributed by atoms with van der Waals surface area (Å²) in [4.78, 5) is 0. The molecule has 1 aromatic carbocycles. The first-order chi connectivity index (χ1) is 6.61. The predicted octanol–water partition coefficient (Wildman–Crippen LogP) is 2.94. The van der Waals surface area contributed by atoms with Gasteiger partial charge in [-0.05, 0) is 30.0 Å². The molecule has 0 aliphatic heterocycles. The third-order valence-corrected chi connectivity index (χ3v) is 2.43. The Morgan fingerprint density at radius 2 is 1.93 bits per heavy atom. The fourth-order valence-electron chi connectivity index (χ4n) is 1.53. The number of hydrogen-bond acceptors (Lipinski definition) is 1. The van der Waals surface area contributed by atoms with Crippen LogP contribution in [-0.4, -0.2) is 0 Å². The van der Waals surface area contributed by atoms with Crippen LogP contribution < -0.4 is 5.73 Å². The van der Waals surface area contributed by atoms with E-state index in [4.69, 9.17) is 5.73 Å². The third kappa shape index (κ3) is 1.93. The van der Waals surface area contributed by atoms with Crippen molar-refractivity contribution in [3.05, 3.63) is 34.9 Å². The molecule has 0 radical (unpaired) electrons. The van der Waals surface area contributed by atoms with E-state index in [9.17, 15) is 8.78 Å². The lowest BCUT2D eigenvalue weighted by Crippen LogP contribution is -2.13. The Kier molecular flexibility index (Phi) is 3.58. The Morgan fingerprint density at radius 3 is 2.43 bits per heavy atom. The minimum atomic E-state index is -0.797. The van der Waals surface area contributed by atoms with Gasteiger partial charge in [0.25, 0.3) is 0 Å². The van der Waals surface area contributed by atoms with Gasteiger partial charge in [0, 0.05) is 6.04 Å². The van der Waals surface area contributed by atoms with Crippen molar-refractivity contribution < 1.29 is 8.78 Å². The van der Waals surface area contributed by atoms with Gasteiger partial charge in [0.15, 0.2) is 11.6 Å². The fourth-order valence-corrected chi connectivity index (χ4v) is 1.53. The van der Waals surface area contributed by atoms with Gasteiger partial charge < -0.3 is 5.73 Å². The molecule has 0 spiro atoms. The number of nitrogens with two attached hydrogens (primary N) is 1. The summed E-state index contributed by atoms with van der Waals surface area (Å²) in [5.74, 6) is -1.55. The van der Waals surface area contributed by atoms with E-state index in [0.717, 1.165) is 12.5 Å². The molecule has 14 heavy (non-hydrogen) atoms. The SMILES string of the molecule is CCc1c([C@@H](N)CC)ccc(F)c1F. The van der Waals surface area contributed by atoms with Gasteiger partial charge in [-0.25, -0.2) is 8.78 Å². The van der Waals surface area contributed by atoms with Crippen molar-refractivity contribution in [3.8, 4) is 0 Å². The van der Waals surface area contributed by atoms with Crippen molar-refractivity contribution in [2.45, 2.75) is 32.7 Å². The topological polar surface area (TPSA) is 26.0 Å². The number of hydrogen-bond donors (Lipinski definition) is 1. The summed E-state index contributed by atoms with van der Waals surface area (Å²) in [6.45, 7) is 3.72. The standard InChI is InChI=1S/C11H15F2N/c1-3-7-8(10(14)4-2)5-6-9(12)11(7)13/h5-6,10H,3-4,14H2,1-2H3/t10-/m0/s1. The molecule has 2 N–H and O–H groups in total. The molecule has 0 aromatic heterocycles. The first-order valence-corrected chi connectivity index (χ1v) is 4.84. The highest BCUT2D eigenvalue weighted by molar-refractivity contribution is 5.32. The van der Waals surface area contributed by atoms with Crippen LogP contribution in [0.15, 0.2) is 12.1 Å². The van der Waals surface area contributed by atoms with Crippen LogP contribution in [0.1, 0.15) is 37.4 Å². The summed E-state index contributed by atoms with van der Waals surface area (Å²) in [5.41, 5.74) is 6.92. The molecule has 78 valence electrons. The molecule has 0 unspecified atom stereocenters. The predicted molar refractivity (Wildman–Crippen MR) is 53.0 cm³/mol. The van der Waals surface area contributed by atoms with Crippen molar-refractivity contribution in [1.82, 2.24) is 0 Å². The monoisotopic (exact) mass is 199 g/mol. The molecule has 0 aliphatic carbocycles. The van der Waals surface area contributed by atoms with Crippen molar-refractivity contribution in [2.24, 2.45) is 5.73 Å². The van der Waals surface area contributed by atoms with Crippen LogP contribution in [0.2, 0.25) is 0 Å². The van der Waals surface area contributed by atoms with E-state index in [2.05, 4.69) is 0 Å². The molecule has 3 heteroatoms. The molecule has 0 amide bonds. The third-order valence-electron chi connectivity index (χ3n) is 2.43. The average Bonchev–Trinajstić information content (AvgIpc) is 2.20. The van der Waals surface area contributed by atoms with Gasteiger partial charge in [-0.1, -0.05) is 19.9 Å². The lowest BCUT2D eigenvalue weighted by molar-refractivity contribution is 0.494. The Hall–Kier alpha value is -0.960. The van der Waals surface area contributed by atoms with Crippen LogP contribution in [0.5, 0.6) is 0 Å². The first-order valence-electron chi connectivity index (χ1n) is 4.84. The number of benzene rings is 1. The second-order valence-corrected chi connectivity index (χ2v) is 3.30. The van der Waals surface area contributed by atoms with E-state index in [0.29, 0.717) is 17.5 Å². The summed E-state index contributed by atoms with van der Waals surface area (Å²) in [6, 6.07) is 2.50. The van der Waals surface area contributed by atoms with Crippen LogP contribution >= 0.6 is 0 Å². The van der Waals surface area contributed by atoms with Gasteiger partial charge in [0.1, 0.15) is 0 Å². The van der Waals surface area contributed by atoms with E-state index in [1.807, 2.05) is 6.92 Å². The summed E-state index contributed by atoms with van der Waals surface area (Å²) >= 11 is 0. The van der Waals surface area contributed by atoms with Crippen LogP contribution in [0, 0.1) is 11.6 Å². The van der Waals surface area contributed by atoms with Crippen LogP contribution in [0.25, 0.3) is 0 Å². The zero-order valence-corrected chi connectivity index (χ0v) is 8.48. The minimum Gasteiger partial charge on any atom is -0.324 e. The maximum atomic E-state index is 13.3. The zero-order chi connectivity index (χ0) is 10.7. The number of halogens is 2. The van der Waals surface area contributed by atoms with E-state index in [1.165, 1.54) is 0 Å². The number of rotatable bonds is 3. The molecule has 0 bridgehead atoms. The Bertz CT molecular complexity index is 323. The molecule has 1 atom stereocenters. The highest BCUT2D eigenvalue weighted by Crippen LogP contribution is 2.23. The van der Waals surface area contributed by atoms with Gasteiger partial charge >= 0.3 is 0 Å². The maximum absolute atomic E-state index is 13.3. The van der Waals surface area contributed by atoms with Crippen LogP contribution in [-0.2, 0) is 6.42 Å². The highest BCUT2D eigenvalue weighted by Gasteiger charge is 2.15. The van der Waals surface area contributed by atoms with Gasteiger partial charge in [-0.2, -0.15) is 0 Å². The van der Waals surface area contributed by atoms with Crippen molar-refractivity contribution in [1.29, 1.82) is 0 Å². The molecule has 0 saturated heterocycles. The molecule has 1 rings (SSSR count). The molecule has 0 fully saturated rings. The highest BCUT2D eigenvalue weighted by atomic mass is 19.2. The van der Waals surface area contributed by atoms with Gasteiger partial charge in [-0.15, -0.1) is 0 Å². The molecular weight excluding hydrogens is 184 g/mol.